The van der Waals surface area contributed by atoms with Crippen LogP contribution in [0.4, 0.5) is 9.52 Å². The standard InChI is InChI=1S/C20H18FN3O3S/c1-2-3-12-24(18(25)15-6-4-5-7-16(15)21)20-23-22-17(28-20)13-8-10-14(11-9-13)19(26)27/h4-11H,2-3,12H2,1H3,(H,26,27). The highest BCUT2D eigenvalue weighted by Crippen LogP contribution is 2.30. The van der Waals surface area contributed by atoms with Crippen LogP contribution in [0.1, 0.15) is 40.5 Å². The van der Waals surface area contributed by atoms with Crippen LogP contribution in [-0.4, -0.2) is 33.7 Å². The van der Waals surface area contributed by atoms with Crippen molar-refractivity contribution in [2.75, 3.05) is 11.4 Å². The fourth-order valence-electron chi connectivity index (χ4n) is 2.58. The topological polar surface area (TPSA) is 83.4 Å². The number of carboxylic acids is 1. The van der Waals surface area contributed by atoms with Crippen molar-refractivity contribution in [3.05, 3.63) is 65.5 Å². The van der Waals surface area contributed by atoms with Gasteiger partial charge in [-0.25, -0.2) is 9.18 Å². The van der Waals surface area contributed by atoms with Gasteiger partial charge in [-0.15, -0.1) is 10.2 Å². The van der Waals surface area contributed by atoms with Crippen molar-refractivity contribution in [3.8, 4) is 10.6 Å². The summed E-state index contributed by atoms with van der Waals surface area (Å²) >= 11 is 1.20. The van der Waals surface area contributed by atoms with E-state index in [9.17, 15) is 14.0 Å². The maximum atomic E-state index is 14.1. The smallest absolute Gasteiger partial charge is 0.335 e. The molecule has 2 aromatic carbocycles. The van der Waals surface area contributed by atoms with Gasteiger partial charge in [0, 0.05) is 12.1 Å². The molecule has 0 saturated heterocycles. The number of hydrogen-bond acceptors (Lipinski definition) is 5. The van der Waals surface area contributed by atoms with Crippen LogP contribution in [-0.2, 0) is 0 Å². The van der Waals surface area contributed by atoms with Gasteiger partial charge >= 0.3 is 5.97 Å². The summed E-state index contributed by atoms with van der Waals surface area (Å²) in [5.41, 5.74) is 0.858. The van der Waals surface area contributed by atoms with E-state index >= 15 is 0 Å². The molecular weight excluding hydrogens is 381 g/mol. The zero-order chi connectivity index (χ0) is 20.1. The lowest BCUT2D eigenvalue weighted by molar-refractivity contribution is 0.0696. The maximum Gasteiger partial charge on any atom is 0.335 e. The summed E-state index contributed by atoms with van der Waals surface area (Å²) in [6.07, 6.45) is 1.60. The molecule has 1 amide bonds. The van der Waals surface area contributed by atoms with Gasteiger partial charge in [-0.1, -0.05) is 48.9 Å². The zero-order valence-corrected chi connectivity index (χ0v) is 15.9. The van der Waals surface area contributed by atoms with Gasteiger partial charge in [0.1, 0.15) is 10.8 Å². The van der Waals surface area contributed by atoms with Gasteiger partial charge in [-0.05, 0) is 30.7 Å². The molecule has 3 aromatic rings. The third-order valence-electron chi connectivity index (χ3n) is 4.11. The molecule has 28 heavy (non-hydrogen) atoms. The van der Waals surface area contributed by atoms with Crippen molar-refractivity contribution < 1.29 is 19.1 Å². The predicted octanol–water partition coefficient (Wildman–Crippen LogP) is 4.49. The average molecular weight is 399 g/mol. The van der Waals surface area contributed by atoms with E-state index in [1.165, 1.54) is 46.6 Å². The van der Waals surface area contributed by atoms with Gasteiger partial charge in [-0.2, -0.15) is 0 Å². The SMILES string of the molecule is CCCCN(C(=O)c1ccccc1F)c1nnc(-c2ccc(C(=O)O)cc2)s1. The Morgan fingerprint density at radius 3 is 2.46 bits per heavy atom. The molecule has 144 valence electrons. The lowest BCUT2D eigenvalue weighted by atomic mass is 10.1. The Bertz CT molecular complexity index is 988. The zero-order valence-electron chi connectivity index (χ0n) is 15.1. The van der Waals surface area contributed by atoms with E-state index in [-0.39, 0.29) is 11.1 Å². The van der Waals surface area contributed by atoms with Gasteiger partial charge in [0.2, 0.25) is 5.13 Å². The molecule has 0 saturated carbocycles. The van der Waals surface area contributed by atoms with Gasteiger partial charge in [-0.3, -0.25) is 9.69 Å². The Morgan fingerprint density at radius 1 is 1.11 bits per heavy atom. The number of halogens is 1. The molecule has 1 aromatic heterocycles. The van der Waals surface area contributed by atoms with Crippen LogP contribution in [0.2, 0.25) is 0 Å². The predicted molar refractivity (Wildman–Crippen MR) is 105 cm³/mol. The Morgan fingerprint density at radius 2 is 1.82 bits per heavy atom. The van der Waals surface area contributed by atoms with Crippen LogP contribution in [0.5, 0.6) is 0 Å². The highest BCUT2D eigenvalue weighted by Gasteiger charge is 2.23. The van der Waals surface area contributed by atoms with Crippen LogP contribution < -0.4 is 4.90 Å². The van der Waals surface area contributed by atoms with Crippen LogP contribution in [0, 0.1) is 5.82 Å². The number of rotatable bonds is 7. The molecule has 0 bridgehead atoms. The van der Waals surface area contributed by atoms with Crippen molar-refractivity contribution in [2.24, 2.45) is 0 Å². The van der Waals surface area contributed by atoms with Crippen LogP contribution in [0.25, 0.3) is 10.6 Å². The molecule has 0 aliphatic carbocycles. The number of benzene rings is 2. The first kappa shape index (κ1) is 19.6. The molecular formula is C20H18FN3O3S. The summed E-state index contributed by atoms with van der Waals surface area (Å²) < 4.78 is 14.1. The molecule has 0 atom stereocenters. The van der Waals surface area contributed by atoms with Gasteiger partial charge in [0.15, 0.2) is 0 Å². The van der Waals surface area contributed by atoms with Crippen LogP contribution in [0.15, 0.2) is 48.5 Å². The quantitative estimate of drug-likeness (QED) is 0.633. The number of aromatic nitrogens is 2. The molecule has 1 heterocycles. The Balaban J connectivity index is 1.90. The van der Waals surface area contributed by atoms with E-state index in [2.05, 4.69) is 10.2 Å². The second-order valence-corrected chi connectivity index (χ2v) is 7.02. The third-order valence-corrected chi connectivity index (χ3v) is 5.10. The molecule has 0 unspecified atom stereocenters. The van der Waals surface area contributed by atoms with Crippen molar-refractivity contribution in [3.63, 3.8) is 0 Å². The Hall–Kier alpha value is -3.13. The van der Waals surface area contributed by atoms with E-state index in [0.717, 1.165) is 12.8 Å². The highest BCUT2D eigenvalue weighted by molar-refractivity contribution is 7.18. The van der Waals surface area contributed by atoms with E-state index in [1.807, 2.05) is 6.92 Å². The van der Waals surface area contributed by atoms with Crippen LogP contribution in [0.3, 0.4) is 0 Å². The fraction of sp³-hybridized carbons (Fsp3) is 0.200. The van der Waals surface area contributed by atoms with Crippen LogP contribution >= 0.6 is 11.3 Å². The molecule has 1 N–H and O–H groups in total. The minimum Gasteiger partial charge on any atom is -0.478 e. The molecule has 6 nitrogen and oxygen atoms in total. The van der Waals surface area contributed by atoms with E-state index < -0.39 is 17.7 Å². The van der Waals surface area contributed by atoms with Crippen molar-refractivity contribution in [1.29, 1.82) is 0 Å². The lowest BCUT2D eigenvalue weighted by Gasteiger charge is -2.19. The number of unbranched alkanes of at least 4 members (excludes halogenated alkanes) is 1. The minimum absolute atomic E-state index is 0.0128. The normalized spacial score (nSPS) is 10.6. The summed E-state index contributed by atoms with van der Waals surface area (Å²) in [6.45, 7) is 2.40. The lowest BCUT2D eigenvalue weighted by Crippen LogP contribution is -2.32. The number of carbonyl (C=O) groups excluding carboxylic acids is 1. The van der Waals surface area contributed by atoms with Gasteiger partial charge in [0.25, 0.3) is 5.91 Å². The monoisotopic (exact) mass is 399 g/mol. The Kier molecular flexibility index (Phi) is 6.10. The molecule has 0 aliphatic rings. The third kappa shape index (κ3) is 4.23. The number of carbonyl (C=O) groups is 2. The molecule has 0 fully saturated rings. The van der Waals surface area contributed by atoms with Gasteiger partial charge in [0.05, 0.1) is 11.1 Å². The summed E-state index contributed by atoms with van der Waals surface area (Å²) in [5.74, 6) is -2.05. The second kappa shape index (κ2) is 8.71. The molecule has 3 rings (SSSR count). The largest absolute Gasteiger partial charge is 0.478 e. The summed E-state index contributed by atoms with van der Waals surface area (Å²) in [5, 5.41) is 18.2. The van der Waals surface area contributed by atoms with Crippen molar-refractivity contribution >= 4 is 28.3 Å². The molecule has 0 aliphatic heterocycles. The molecule has 0 spiro atoms. The first-order valence-electron chi connectivity index (χ1n) is 8.75. The summed E-state index contributed by atoms with van der Waals surface area (Å²) in [7, 11) is 0. The minimum atomic E-state index is -1.01. The fourth-order valence-corrected chi connectivity index (χ4v) is 3.45. The number of aromatic carboxylic acids is 1. The molecule has 0 radical (unpaired) electrons. The molecule has 8 heteroatoms. The summed E-state index contributed by atoms with van der Waals surface area (Å²) in [6, 6.07) is 12.1. The van der Waals surface area contributed by atoms with E-state index in [4.69, 9.17) is 5.11 Å². The maximum absolute atomic E-state index is 14.1. The number of nitrogens with zero attached hydrogens (tertiary/aromatic N) is 3. The first-order chi connectivity index (χ1) is 13.5. The number of hydrogen-bond donors (Lipinski definition) is 1. The number of anilines is 1. The van der Waals surface area contributed by atoms with Crippen molar-refractivity contribution in [1.82, 2.24) is 10.2 Å². The highest BCUT2D eigenvalue weighted by atomic mass is 32.1. The average Bonchev–Trinajstić information content (AvgIpc) is 3.18. The second-order valence-electron chi connectivity index (χ2n) is 6.06. The first-order valence-corrected chi connectivity index (χ1v) is 9.56. The number of carboxylic acid groups (broad SMARTS) is 1. The van der Waals surface area contributed by atoms with E-state index in [1.54, 1.807) is 18.2 Å². The summed E-state index contributed by atoms with van der Waals surface area (Å²) in [4.78, 5) is 25.3. The number of amides is 1. The van der Waals surface area contributed by atoms with Gasteiger partial charge < -0.3 is 5.11 Å². The van der Waals surface area contributed by atoms with Crippen molar-refractivity contribution in [2.45, 2.75) is 19.8 Å². The Labute approximate surface area is 165 Å². The van der Waals surface area contributed by atoms with E-state index in [0.29, 0.717) is 22.2 Å².